The van der Waals surface area contributed by atoms with E-state index in [0.29, 0.717) is 5.92 Å². The Balaban J connectivity index is 3.01. The Hall–Kier alpha value is -1.12. The summed E-state index contributed by atoms with van der Waals surface area (Å²) in [4.78, 5) is 11.4. The van der Waals surface area contributed by atoms with Gasteiger partial charge in [0.05, 0.1) is 11.3 Å². The third-order valence-electron chi connectivity index (χ3n) is 2.92. The van der Waals surface area contributed by atoms with E-state index < -0.39 is 0 Å². The molecule has 0 saturated carbocycles. The number of carbonyl (C=O) groups is 1. The molecule has 0 aliphatic heterocycles. The van der Waals surface area contributed by atoms with Crippen molar-refractivity contribution in [1.29, 1.82) is 0 Å². The van der Waals surface area contributed by atoms with Crippen molar-refractivity contribution in [3.8, 4) is 0 Å². The molecule has 0 radical (unpaired) electrons. The highest BCUT2D eigenvalue weighted by Crippen LogP contribution is 2.15. The highest BCUT2D eigenvalue weighted by molar-refractivity contribution is 5.96. The van der Waals surface area contributed by atoms with E-state index in [9.17, 15) is 4.79 Å². The number of Topliss-reactive ketones (excluding diaryl/α,β-unsaturated/α-hetero) is 1. The lowest BCUT2D eigenvalue weighted by Crippen LogP contribution is -2.10. The summed E-state index contributed by atoms with van der Waals surface area (Å²) in [6, 6.07) is 0. The molecule has 15 heavy (non-hydrogen) atoms. The molecular weight excluding hydrogens is 188 g/mol. The van der Waals surface area contributed by atoms with E-state index in [1.54, 1.807) is 6.92 Å². The number of ketones is 1. The third-order valence-corrected chi connectivity index (χ3v) is 2.92. The Bertz CT molecular complexity index is 366. The lowest BCUT2D eigenvalue weighted by atomic mass is 10.1. The third kappa shape index (κ3) is 2.46. The fourth-order valence-corrected chi connectivity index (χ4v) is 1.81. The van der Waals surface area contributed by atoms with Crippen LogP contribution in [0.4, 0.5) is 0 Å². The zero-order valence-corrected chi connectivity index (χ0v) is 10.3. The van der Waals surface area contributed by atoms with Crippen LogP contribution in [0, 0.1) is 19.8 Å². The topological polar surface area (TPSA) is 34.9 Å². The Morgan fingerprint density at radius 1 is 1.47 bits per heavy atom. The van der Waals surface area contributed by atoms with Crippen molar-refractivity contribution < 1.29 is 4.79 Å². The van der Waals surface area contributed by atoms with Crippen LogP contribution in [0.5, 0.6) is 0 Å². The SMILES string of the molecule is CCC(C)Cn1nc(C)c(C(C)=O)c1C. The van der Waals surface area contributed by atoms with Crippen LogP contribution >= 0.6 is 0 Å². The number of nitrogens with zero attached hydrogens (tertiary/aromatic N) is 2. The largest absolute Gasteiger partial charge is 0.294 e. The second-order valence-electron chi connectivity index (χ2n) is 4.30. The van der Waals surface area contributed by atoms with Crippen molar-refractivity contribution in [1.82, 2.24) is 9.78 Å². The van der Waals surface area contributed by atoms with Crippen LogP contribution < -0.4 is 0 Å². The number of hydrogen-bond donors (Lipinski definition) is 0. The molecule has 0 bridgehead atoms. The average Bonchev–Trinajstić information content (AvgIpc) is 2.41. The summed E-state index contributed by atoms with van der Waals surface area (Å²) >= 11 is 0. The van der Waals surface area contributed by atoms with Crippen molar-refractivity contribution in [2.24, 2.45) is 5.92 Å². The minimum atomic E-state index is 0.111. The maximum atomic E-state index is 11.4. The predicted molar refractivity (Wildman–Crippen MR) is 61.2 cm³/mol. The second kappa shape index (κ2) is 4.60. The predicted octanol–water partition coefficient (Wildman–Crippen LogP) is 2.75. The van der Waals surface area contributed by atoms with Gasteiger partial charge in [-0.2, -0.15) is 5.10 Å². The highest BCUT2D eigenvalue weighted by atomic mass is 16.1. The molecule has 0 spiro atoms. The van der Waals surface area contributed by atoms with Gasteiger partial charge in [0.2, 0.25) is 0 Å². The van der Waals surface area contributed by atoms with Crippen LogP contribution in [0.2, 0.25) is 0 Å². The molecule has 1 unspecified atom stereocenters. The van der Waals surface area contributed by atoms with Crippen LogP contribution in [-0.4, -0.2) is 15.6 Å². The van der Waals surface area contributed by atoms with Gasteiger partial charge in [0, 0.05) is 12.2 Å². The molecule has 0 saturated heterocycles. The van der Waals surface area contributed by atoms with Gasteiger partial charge < -0.3 is 0 Å². The first kappa shape index (κ1) is 12.0. The molecule has 1 rings (SSSR count). The van der Waals surface area contributed by atoms with Crippen molar-refractivity contribution in [2.75, 3.05) is 0 Å². The van der Waals surface area contributed by atoms with Crippen molar-refractivity contribution in [3.63, 3.8) is 0 Å². The summed E-state index contributed by atoms with van der Waals surface area (Å²) in [5.41, 5.74) is 2.64. The van der Waals surface area contributed by atoms with E-state index >= 15 is 0 Å². The molecule has 1 aromatic heterocycles. The molecule has 0 aromatic carbocycles. The molecule has 0 N–H and O–H groups in total. The maximum absolute atomic E-state index is 11.4. The number of rotatable bonds is 4. The monoisotopic (exact) mass is 208 g/mol. The molecule has 0 fully saturated rings. The fourth-order valence-electron chi connectivity index (χ4n) is 1.81. The molecule has 3 nitrogen and oxygen atoms in total. The highest BCUT2D eigenvalue weighted by Gasteiger charge is 2.15. The minimum Gasteiger partial charge on any atom is -0.294 e. The van der Waals surface area contributed by atoms with E-state index in [0.717, 1.165) is 29.9 Å². The van der Waals surface area contributed by atoms with Gasteiger partial charge in [0.15, 0.2) is 5.78 Å². The molecule has 3 heteroatoms. The Labute approximate surface area is 91.5 Å². The standard InChI is InChI=1S/C12H20N2O/c1-6-8(2)7-14-10(4)12(11(5)15)9(3)13-14/h8H,6-7H2,1-5H3. The number of hydrogen-bond acceptors (Lipinski definition) is 2. The quantitative estimate of drug-likeness (QED) is 0.713. The van der Waals surface area contributed by atoms with E-state index in [-0.39, 0.29) is 5.78 Å². The Kier molecular flexibility index (Phi) is 3.66. The average molecular weight is 208 g/mol. The normalized spacial score (nSPS) is 12.9. The molecule has 1 atom stereocenters. The van der Waals surface area contributed by atoms with E-state index in [4.69, 9.17) is 0 Å². The molecule has 0 amide bonds. The van der Waals surface area contributed by atoms with E-state index in [2.05, 4.69) is 18.9 Å². The first-order chi connectivity index (χ1) is 6.97. The van der Waals surface area contributed by atoms with Gasteiger partial charge in [0.25, 0.3) is 0 Å². The lowest BCUT2D eigenvalue weighted by molar-refractivity contribution is 0.101. The summed E-state index contributed by atoms with van der Waals surface area (Å²) in [7, 11) is 0. The van der Waals surface area contributed by atoms with Gasteiger partial charge in [-0.15, -0.1) is 0 Å². The summed E-state index contributed by atoms with van der Waals surface area (Å²) in [6.07, 6.45) is 1.13. The summed E-state index contributed by atoms with van der Waals surface area (Å²) < 4.78 is 1.96. The second-order valence-corrected chi connectivity index (χ2v) is 4.30. The molecular formula is C12H20N2O. The smallest absolute Gasteiger partial charge is 0.163 e. The summed E-state index contributed by atoms with van der Waals surface area (Å²) in [5.74, 6) is 0.711. The zero-order valence-electron chi connectivity index (χ0n) is 10.3. The number of aromatic nitrogens is 2. The lowest BCUT2D eigenvalue weighted by Gasteiger charge is -2.10. The van der Waals surface area contributed by atoms with Crippen LogP contribution in [0.25, 0.3) is 0 Å². The number of carbonyl (C=O) groups excluding carboxylic acids is 1. The first-order valence-electron chi connectivity index (χ1n) is 5.52. The van der Waals surface area contributed by atoms with Crippen LogP contribution in [0.3, 0.4) is 0 Å². The van der Waals surface area contributed by atoms with Gasteiger partial charge in [-0.25, -0.2) is 0 Å². The van der Waals surface area contributed by atoms with Gasteiger partial charge in [0.1, 0.15) is 0 Å². The van der Waals surface area contributed by atoms with Gasteiger partial charge in [-0.05, 0) is 26.7 Å². The molecule has 84 valence electrons. The van der Waals surface area contributed by atoms with Crippen molar-refractivity contribution >= 4 is 5.78 Å². The van der Waals surface area contributed by atoms with Crippen LogP contribution in [0.15, 0.2) is 0 Å². The summed E-state index contributed by atoms with van der Waals surface area (Å²) in [6.45, 7) is 10.7. The molecule has 1 heterocycles. The van der Waals surface area contributed by atoms with Gasteiger partial charge in [-0.1, -0.05) is 20.3 Å². The van der Waals surface area contributed by atoms with E-state index in [1.807, 2.05) is 18.5 Å². The van der Waals surface area contributed by atoms with Gasteiger partial charge >= 0.3 is 0 Å². The molecule has 1 aromatic rings. The van der Waals surface area contributed by atoms with Gasteiger partial charge in [-0.3, -0.25) is 9.48 Å². The van der Waals surface area contributed by atoms with Crippen molar-refractivity contribution in [2.45, 2.75) is 47.6 Å². The first-order valence-corrected chi connectivity index (χ1v) is 5.52. The van der Waals surface area contributed by atoms with Crippen LogP contribution in [-0.2, 0) is 6.54 Å². The minimum absolute atomic E-state index is 0.111. The maximum Gasteiger partial charge on any atom is 0.163 e. The molecule has 0 aliphatic rings. The fraction of sp³-hybridized carbons (Fsp3) is 0.667. The summed E-state index contributed by atoms with van der Waals surface area (Å²) in [5, 5.41) is 4.42. The number of aryl methyl sites for hydroxylation is 1. The van der Waals surface area contributed by atoms with Crippen LogP contribution in [0.1, 0.15) is 48.9 Å². The molecule has 0 aliphatic carbocycles. The Morgan fingerprint density at radius 3 is 2.47 bits per heavy atom. The zero-order chi connectivity index (χ0) is 11.6. The van der Waals surface area contributed by atoms with E-state index in [1.165, 1.54) is 0 Å². The Morgan fingerprint density at radius 2 is 2.07 bits per heavy atom. The van der Waals surface area contributed by atoms with Crippen molar-refractivity contribution in [3.05, 3.63) is 17.0 Å².